The topological polar surface area (TPSA) is 99.1 Å². The van der Waals surface area contributed by atoms with Crippen molar-refractivity contribution >= 4 is 17.5 Å². The van der Waals surface area contributed by atoms with E-state index in [4.69, 9.17) is 14.2 Å². The second-order valence-electron chi connectivity index (χ2n) is 13.9. The lowest BCUT2D eigenvalue weighted by molar-refractivity contribution is -0.249. The van der Waals surface area contributed by atoms with Crippen molar-refractivity contribution in [3.05, 3.63) is 11.6 Å². The minimum Gasteiger partial charge on any atom is -0.459 e. The van der Waals surface area contributed by atoms with Crippen LogP contribution in [-0.4, -0.2) is 65.2 Å². The first-order valence-electron chi connectivity index (χ1n) is 16.2. The highest BCUT2D eigenvalue weighted by Crippen LogP contribution is 2.73. The molecule has 0 aromatic carbocycles. The van der Waals surface area contributed by atoms with Gasteiger partial charge in [0.05, 0.1) is 6.10 Å². The Kier molecular flexibility index (Phi) is 8.80. The van der Waals surface area contributed by atoms with Gasteiger partial charge in [-0.2, -0.15) is 0 Å². The van der Waals surface area contributed by atoms with Gasteiger partial charge in [0.1, 0.15) is 18.9 Å². The number of carbonyl (C=O) groups excluding carboxylic acids is 3. The number of ether oxygens (including phenoxy) is 3. The maximum absolute atomic E-state index is 18.3. The zero-order valence-corrected chi connectivity index (χ0v) is 25.6. The van der Waals surface area contributed by atoms with Gasteiger partial charge in [-0.15, -0.1) is 0 Å². The summed E-state index contributed by atoms with van der Waals surface area (Å²) in [6, 6.07) is 0. The first-order valence-corrected chi connectivity index (χ1v) is 16.2. The number of rotatable bonds is 11. The predicted octanol–water partition coefficient (Wildman–Crippen LogP) is 5.89. The van der Waals surface area contributed by atoms with Gasteiger partial charge in [0.15, 0.2) is 29.1 Å². The number of hydrogen-bond donors (Lipinski definition) is 1. The number of esters is 1. The lowest BCUT2D eigenvalue weighted by atomic mass is 9.43. The highest BCUT2D eigenvalue weighted by Gasteiger charge is 2.80. The predicted molar refractivity (Wildman–Crippen MR) is 151 cm³/mol. The molecule has 0 amide bonds. The summed E-state index contributed by atoms with van der Waals surface area (Å²) in [5.41, 5.74) is -5.99. The second kappa shape index (κ2) is 11.7. The van der Waals surface area contributed by atoms with Crippen molar-refractivity contribution < 1.29 is 42.5 Å². The fourth-order valence-corrected chi connectivity index (χ4v) is 9.54. The van der Waals surface area contributed by atoms with Crippen LogP contribution in [0.5, 0.6) is 0 Å². The minimum atomic E-state index is -2.16. The van der Waals surface area contributed by atoms with Crippen molar-refractivity contribution in [2.45, 2.75) is 147 Å². The molecule has 5 aliphatic rings. The van der Waals surface area contributed by atoms with Crippen molar-refractivity contribution in [3.8, 4) is 0 Å². The number of carbonyl (C=O) groups is 3. The van der Waals surface area contributed by atoms with Crippen LogP contribution in [0, 0.1) is 22.7 Å². The Labute approximate surface area is 248 Å². The number of aliphatic hydroxyl groups excluding tert-OH is 1. The van der Waals surface area contributed by atoms with Gasteiger partial charge in [-0.25, -0.2) is 8.78 Å². The van der Waals surface area contributed by atoms with E-state index in [1.165, 1.54) is 6.08 Å². The Morgan fingerprint density at radius 2 is 1.83 bits per heavy atom. The Morgan fingerprint density at radius 3 is 2.52 bits per heavy atom. The molecule has 9 heteroatoms. The minimum absolute atomic E-state index is 0.0234. The summed E-state index contributed by atoms with van der Waals surface area (Å²) in [5, 5.41) is 10.1. The van der Waals surface area contributed by atoms with Crippen LogP contribution in [0.25, 0.3) is 0 Å². The number of unbranched alkanes of at least 4 members (excludes halogenated alkanes) is 4. The number of Topliss-reactive ketones (excluding diaryl/α,β-unsaturated/α-hetero) is 1. The molecule has 1 N–H and O–H groups in total. The molecule has 5 rings (SSSR count). The number of fused-ring (bicyclic) bond motifs is 7. The maximum atomic E-state index is 18.3. The smallest absolute Gasteiger partial charge is 0.306 e. The summed E-state index contributed by atoms with van der Waals surface area (Å²) in [5.74, 6) is -2.70. The van der Waals surface area contributed by atoms with Crippen LogP contribution in [0.1, 0.15) is 111 Å². The second-order valence-corrected chi connectivity index (χ2v) is 13.9. The van der Waals surface area contributed by atoms with Crippen LogP contribution in [-0.2, 0) is 28.6 Å². The molecule has 0 spiro atoms. The molecule has 1 aliphatic heterocycles. The molecule has 1 heterocycles. The van der Waals surface area contributed by atoms with Gasteiger partial charge in [0, 0.05) is 29.6 Å². The molecule has 4 fully saturated rings. The number of hydrogen-bond acceptors (Lipinski definition) is 7. The fraction of sp³-hybridized carbons (Fsp3) is 0.848. The van der Waals surface area contributed by atoms with E-state index in [-0.39, 0.29) is 49.9 Å². The molecule has 10 atom stereocenters. The van der Waals surface area contributed by atoms with Crippen LogP contribution >= 0.6 is 0 Å². The quantitative estimate of drug-likeness (QED) is 0.235. The molecule has 1 saturated heterocycles. The van der Waals surface area contributed by atoms with E-state index in [1.807, 2.05) is 13.8 Å². The Hall–Kier alpha value is -1.71. The maximum Gasteiger partial charge on any atom is 0.306 e. The largest absolute Gasteiger partial charge is 0.459 e. The Balaban J connectivity index is 1.56. The molecule has 4 aliphatic carbocycles. The van der Waals surface area contributed by atoms with E-state index in [1.54, 1.807) is 6.92 Å². The molecule has 0 radical (unpaired) electrons. The monoisotopic (exact) mass is 594 g/mol. The molecule has 3 saturated carbocycles. The third kappa shape index (κ3) is 4.54. The normalized spacial score (nSPS) is 44.1. The summed E-state index contributed by atoms with van der Waals surface area (Å²) in [6.45, 7) is 6.84. The number of aliphatic hydroxyl groups is 1. The Morgan fingerprint density at radius 1 is 1.10 bits per heavy atom. The molecule has 0 aromatic heterocycles. The summed E-state index contributed by atoms with van der Waals surface area (Å²) in [6.07, 6.45) is 3.46. The molecule has 42 heavy (non-hydrogen) atoms. The van der Waals surface area contributed by atoms with Crippen molar-refractivity contribution in [2.24, 2.45) is 22.7 Å². The van der Waals surface area contributed by atoms with Gasteiger partial charge in [0.2, 0.25) is 0 Å². The molecule has 7 nitrogen and oxygen atoms in total. The summed E-state index contributed by atoms with van der Waals surface area (Å²) < 4.78 is 53.1. The SMILES string of the molecule is CCCCCCCC(=O)O[C@H]1C[C@@]2(C)[C@@H](C[C@H]3O[C@@H](CCC)O[C@]32C(=O)CO)[C@@H]2C[C@H](F)C3=CC(=O)CC[C@]3(C)[C@@]12F. The highest BCUT2D eigenvalue weighted by atomic mass is 19.1. The lowest BCUT2D eigenvalue weighted by Crippen LogP contribution is -2.72. The summed E-state index contributed by atoms with van der Waals surface area (Å²) in [4.78, 5) is 39.3. The van der Waals surface area contributed by atoms with Crippen LogP contribution in [0.4, 0.5) is 8.78 Å². The zero-order valence-electron chi connectivity index (χ0n) is 25.6. The number of halogens is 2. The van der Waals surface area contributed by atoms with Gasteiger partial charge in [0.25, 0.3) is 0 Å². The summed E-state index contributed by atoms with van der Waals surface area (Å²) >= 11 is 0. The van der Waals surface area contributed by atoms with Gasteiger partial charge in [-0.1, -0.05) is 59.8 Å². The van der Waals surface area contributed by atoms with Gasteiger partial charge < -0.3 is 19.3 Å². The van der Waals surface area contributed by atoms with E-state index in [0.717, 1.165) is 32.1 Å². The molecule has 0 aromatic rings. The van der Waals surface area contributed by atoms with Crippen LogP contribution in [0.2, 0.25) is 0 Å². The standard InChI is InChI=1S/C33H48F2O7/c1-5-7-8-9-10-12-28(39)40-27-18-31(4)21(17-26-33(31,25(38)19-36)42-29(41-26)11-6-2)22-16-24(34)23-15-20(37)13-14-30(23,3)32(22,27)35/h15,21-22,24,26-27,29,36H,5-14,16-19H2,1-4H3/t21-,22-,24-,26+,27-,29+,30-,31-,32-,33+/m0/s1. The van der Waals surface area contributed by atoms with Gasteiger partial charge >= 0.3 is 5.97 Å². The molecular formula is C33H48F2O7. The highest BCUT2D eigenvalue weighted by molar-refractivity contribution is 5.92. The van der Waals surface area contributed by atoms with Crippen LogP contribution in [0.3, 0.4) is 0 Å². The molecule has 0 unspecified atom stereocenters. The molecular weight excluding hydrogens is 546 g/mol. The zero-order chi connectivity index (χ0) is 30.5. The Bertz CT molecular complexity index is 1110. The molecule has 0 bridgehead atoms. The molecule has 236 valence electrons. The average Bonchev–Trinajstić information content (AvgIpc) is 3.43. The number of ketones is 2. The van der Waals surface area contributed by atoms with Crippen molar-refractivity contribution in [1.29, 1.82) is 0 Å². The number of alkyl halides is 2. The van der Waals surface area contributed by atoms with E-state index in [9.17, 15) is 19.5 Å². The van der Waals surface area contributed by atoms with Crippen molar-refractivity contribution in [3.63, 3.8) is 0 Å². The first kappa shape index (κ1) is 31.7. The van der Waals surface area contributed by atoms with Gasteiger partial charge in [-0.05, 0) is 56.1 Å². The summed E-state index contributed by atoms with van der Waals surface area (Å²) in [7, 11) is 0. The third-order valence-electron chi connectivity index (χ3n) is 11.6. The lowest BCUT2D eigenvalue weighted by Gasteiger charge is -2.64. The van der Waals surface area contributed by atoms with Crippen LogP contribution < -0.4 is 0 Å². The van der Waals surface area contributed by atoms with Crippen LogP contribution in [0.15, 0.2) is 11.6 Å². The van der Waals surface area contributed by atoms with Crippen molar-refractivity contribution in [2.75, 3.05) is 6.61 Å². The van der Waals surface area contributed by atoms with E-state index in [2.05, 4.69) is 6.92 Å². The van der Waals surface area contributed by atoms with Crippen molar-refractivity contribution in [1.82, 2.24) is 0 Å². The third-order valence-corrected chi connectivity index (χ3v) is 11.6. The first-order chi connectivity index (χ1) is 19.9. The number of allylic oxidation sites excluding steroid dienone is 1. The van der Waals surface area contributed by atoms with Gasteiger partial charge in [-0.3, -0.25) is 14.4 Å². The average molecular weight is 595 g/mol. The van der Waals surface area contributed by atoms with E-state index in [0.29, 0.717) is 12.8 Å². The fourth-order valence-electron chi connectivity index (χ4n) is 9.54. The van der Waals surface area contributed by atoms with E-state index < -0.39 is 77.0 Å². The van der Waals surface area contributed by atoms with E-state index >= 15 is 8.78 Å².